The fraction of sp³-hybridized carbons (Fsp3) is 0. The number of carbonyl (C=O) groups is 1. The molecule has 0 saturated carbocycles. The van der Waals surface area contributed by atoms with Crippen LogP contribution in [0.25, 0.3) is 0 Å². The molecule has 0 bridgehead atoms. The van der Waals surface area contributed by atoms with Gasteiger partial charge in [-0.25, -0.2) is 0 Å². The number of hydrogen-bond donors (Lipinski definition) is 1. The van der Waals surface area contributed by atoms with Gasteiger partial charge in [-0.15, -0.1) is 0 Å². The third kappa shape index (κ3) is 3.41. The molecule has 1 heterocycles. The average Bonchev–Trinajstić information content (AvgIpc) is 2.43. The van der Waals surface area contributed by atoms with E-state index in [0.717, 1.165) is 12.1 Å². The molecule has 9 heteroatoms. The molecule has 2 aromatic rings. The number of nitrogens with zero attached hydrogens (tertiary/aromatic N) is 2. The van der Waals surface area contributed by atoms with E-state index >= 15 is 0 Å². The first-order chi connectivity index (χ1) is 9.90. The van der Waals surface area contributed by atoms with E-state index in [4.69, 9.17) is 34.8 Å². The number of carbonyl (C=O) groups excluding carboxylic acids is 1. The molecular weight excluding hydrogens is 341 g/mol. The molecule has 6 nitrogen and oxygen atoms in total. The van der Waals surface area contributed by atoms with Gasteiger partial charge in [-0.1, -0.05) is 34.8 Å². The molecule has 1 N–H and O–H groups in total. The Morgan fingerprint density at radius 1 is 1.24 bits per heavy atom. The first-order valence-electron chi connectivity index (χ1n) is 5.44. The van der Waals surface area contributed by atoms with E-state index in [1.54, 1.807) is 0 Å². The zero-order valence-electron chi connectivity index (χ0n) is 10.1. The maximum Gasteiger partial charge on any atom is 0.271 e. The van der Waals surface area contributed by atoms with Gasteiger partial charge in [0.05, 0.1) is 37.4 Å². The van der Waals surface area contributed by atoms with E-state index in [0.29, 0.717) is 0 Å². The summed E-state index contributed by atoms with van der Waals surface area (Å²) in [6, 6.07) is 3.59. The van der Waals surface area contributed by atoms with Crippen LogP contribution >= 0.6 is 34.8 Å². The van der Waals surface area contributed by atoms with Gasteiger partial charge in [0.25, 0.3) is 11.6 Å². The minimum Gasteiger partial charge on any atom is -0.319 e. The van der Waals surface area contributed by atoms with Crippen molar-refractivity contribution in [3.05, 3.63) is 61.3 Å². The van der Waals surface area contributed by atoms with Gasteiger partial charge >= 0.3 is 0 Å². The summed E-state index contributed by atoms with van der Waals surface area (Å²) in [6.07, 6.45) is 2.79. The standard InChI is InChI=1S/C12H6Cl3N3O3/c13-8-1-2-16-5-10(8)17-12(19)7-3-6(18(20)21)4-9(14)11(7)15/h1-5H,(H,17,19). The van der Waals surface area contributed by atoms with Crippen molar-refractivity contribution in [3.8, 4) is 0 Å². The van der Waals surface area contributed by atoms with Crippen LogP contribution in [-0.4, -0.2) is 15.8 Å². The Labute approximate surface area is 133 Å². The molecule has 0 spiro atoms. The van der Waals surface area contributed by atoms with Crippen LogP contribution in [0.4, 0.5) is 11.4 Å². The molecule has 108 valence electrons. The number of rotatable bonds is 3. The van der Waals surface area contributed by atoms with Crippen LogP contribution in [0.3, 0.4) is 0 Å². The van der Waals surface area contributed by atoms with Crippen LogP contribution in [0, 0.1) is 10.1 Å². The highest BCUT2D eigenvalue weighted by Gasteiger charge is 2.20. The number of aromatic nitrogens is 1. The number of pyridine rings is 1. The van der Waals surface area contributed by atoms with E-state index in [-0.39, 0.29) is 32.0 Å². The van der Waals surface area contributed by atoms with Gasteiger partial charge in [-0.05, 0) is 6.07 Å². The number of non-ortho nitro benzene ring substituents is 1. The molecule has 0 atom stereocenters. The number of hydrogen-bond acceptors (Lipinski definition) is 4. The lowest BCUT2D eigenvalue weighted by Crippen LogP contribution is -2.13. The molecular formula is C12H6Cl3N3O3. The van der Waals surface area contributed by atoms with Crippen molar-refractivity contribution in [2.45, 2.75) is 0 Å². The number of nitrogens with one attached hydrogen (secondary N) is 1. The summed E-state index contributed by atoms with van der Waals surface area (Å²) in [5.74, 6) is -0.680. The lowest BCUT2D eigenvalue weighted by atomic mass is 10.2. The predicted octanol–water partition coefficient (Wildman–Crippen LogP) is 4.20. The topological polar surface area (TPSA) is 85.1 Å². The normalized spacial score (nSPS) is 10.2. The van der Waals surface area contributed by atoms with Crippen molar-refractivity contribution in [2.75, 3.05) is 5.32 Å². The molecule has 1 amide bonds. The number of halogens is 3. The Balaban J connectivity index is 2.39. The second kappa shape index (κ2) is 6.26. The predicted molar refractivity (Wildman–Crippen MR) is 80.3 cm³/mol. The van der Waals surface area contributed by atoms with Crippen molar-refractivity contribution in [3.63, 3.8) is 0 Å². The summed E-state index contributed by atoms with van der Waals surface area (Å²) in [5, 5.41) is 13.4. The molecule has 0 aliphatic carbocycles. The fourth-order valence-electron chi connectivity index (χ4n) is 1.50. The van der Waals surface area contributed by atoms with E-state index in [1.807, 2.05) is 0 Å². The highest BCUT2D eigenvalue weighted by atomic mass is 35.5. The van der Waals surface area contributed by atoms with Crippen LogP contribution in [0.1, 0.15) is 10.4 Å². The summed E-state index contributed by atoms with van der Waals surface area (Å²) in [4.78, 5) is 26.1. The van der Waals surface area contributed by atoms with Crippen molar-refractivity contribution in [1.29, 1.82) is 0 Å². The van der Waals surface area contributed by atoms with Crippen LogP contribution in [0.15, 0.2) is 30.6 Å². The zero-order valence-corrected chi connectivity index (χ0v) is 12.4. The van der Waals surface area contributed by atoms with E-state index < -0.39 is 10.8 Å². The molecule has 2 rings (SSSR count). The minimum atomic E-state index is -0.680. The monoisotopic (exact) mass is 345 g/mol. The van der Waals surface area contributed by atoms with Gasteiger partial charge in [0.1, 0.15) is 0 Å². The molecule has 1 aromatic carbocycles. The van der Waals surface area contributed by atoms with E-state index in [2.05, 4.69) is 10.3 Å². The molecule has 0 saturated heterocycles. The van der Waals surface area contributed by atoms with Gasteiger partial charge in [0, 0.05) is 18.3 Å². The Kier molecular flexibility index (Phi) is 4.62. The quantitative estimate of drug-likeness (QED) is 0.666. The Morgan fingerprint density at radius 2 is 1.95 bits per heavy atom. The number of nitro groups is 1. The molecule has 0 aliphatic heterocycles. The number of anilines is 1. The Bertz CT molecular complexity index is 737. The van der Waals surface area contributed by atoms with Crippen LogP contribution in [-0.2, 0) is 0 Å². The maximum absolute atomic E-state index is 12.2. The average molecular weight is 347 g/mol. The van der Waals surface area contributed by atoms with Gasteiger partial charge < -0.3 is 5.32 Å². The summed E-state index contributed by atoms with van der Waals surface area (Å²) in [7, 11) is 0. The zero-order chi connectivity index (χ0) is 15.6. The van der Waals surface area contributed by atoms with E-state index in [9.17, 15) is 14.9 Å². The molecule has 21 heavy (non-hydrogen) atoms. The minimum absolute atomic E-state index is 0.0835. The van der Waals surface area contributed by atoms with Gasteiger partial charge in [-0.2, -0.15) is 0 Å². The van der Waals surface area contributed by atoms with Gasteiger partial charge in [-0.3, -0.25) is 19.9 Å². The van der Waals surface area contributed by atoms with Crippen molar-refractivity contribution < 1.29 is 9.72 Å². The molecule has 0 unspecified atom stereocenters. The summed E-state index contributed by atoms with van der Waals surface area (Å²) in [6.45, 7) is 0. The largest absolute Gasteiger partial charge is 0.319 e. The summed E-state index contributed by atoms with van der Waals surface area (Å²) < 4.78 is 0. The first kappa shape index (κ1) is 15.5. The first-order valence-corrected chi connectivity index (χ1v) is 6.58. The second-order valence-corrected chi connectivity index (χ2v) is 5.05. The molecule has 0 radical (unpaired) electrons. The Hall–Kier alpha value is -1.89. The fourth-order valence-corrected chi connectivity index (χ4v) is 2.07. The van der Waals surface area contributed by atoms with E-state index in [1.165, 1.54) is 18.5 Å². The SMILES string of the molecule is O=C(Nc1cnccc1Cl)c1cc([N+](=O)[O-])cc(Cl)c1Cl. The van der Waals surface area contributed by atoms with Gasteiger partial charge in [0.2, 0.25) is 0 Å². The molecule has 0 fully saturated rings. The Morgan fingerprint density at radius 3 is 2.57 bits per heavy atom. The van der Waals surface area contributed by atoms with Gasteiger partial charge in [0.15, 0.2) is 0 Å². The number of benzene rings is 1. The van der Waals surface area contributed by atoms with Crippen LogP contribution < -0.4 is 5.32 Å². The number of amides is 1. The van der Waals surface area contributed by atoms with Crippen LogP contribution in [0.5, 0.6) is 0 Å². The second-order valence-electron chi connectivity index (χ2n) is 3.86. The van der Waals surface area contributed by atoms with Crippen LogP contribution in [0.2, 0.25) is 15.1 Å². The maximum atomic E-state index is 12.2. The lowest BCUT2D eigenvalue weighted by Gasteiger charge is -2.08. The van der Waals surface area contributed by atoms with Crippen molar-refractivity contribution in [1.82, 2.24) is 4.98 Å². The molecule has 1 aromatic heterocycles. The third-order valence-electron chi connectivity index (χ3n) is 2.48. The number of nitro benzene ring substituents is 1. The summed E-state index contributed by atoms with van der Waals surface area (Å²) >= 11 is 17.6. The van der Waals surface area contributed by atoms with Crippen molar-refractivity contribution >= 4 is 52.1 Å². The highest BCUT2D eigenvalue weighted by Crippen LogP contribution is 2.31. The molecule has 0 aliphatic rings. The third-order valence-corrected chi connectivity index (χ3v) is 3.62. The summed E-state index contributed by atoms with van der Waals surface area (Å²) in [5.41, 5.74) is -0.217. The van der Waals surface area contributed by atoms with Crippen molar-refractivity contribution in [2.24, 2.45) is 0 Å². The lowest BCUT2D eigenvalue weighted by molar-refractivity contribution is -0.384. The highest BCUT2D eigenvalue weighted by molar-refractivity contribution is 6.44. The smallest absolute Gasteiger partial charge is 0.271 e.